The van der Waals surface area contributed by atoms with Crippen LogP contribution in [0.1, 0.15) is 51.9 Å². The molecule has 0 radical (unpaired) electrons. The van der Waals surface area contributed by atoms with Crippen LogP contribution in [0.5, 0.6) is 5.75 Å². The van der Waals surface area contributed by atoms with Crippen molar-refractivity contribution in [2.24, 2.45) is 0 Å². The van der Waals surface area contributed by atoms with E-state index >= 15 is 0 Å². The lowest BCUT2D eigenvalue weighted by Gasteiger charge is -2.35. The molecule has 1 aliphatic carbocycles. The van der Waals surface area contributed by atoms with Gasteiger partial charge in [-0.1, -0.05) is 12.1 Å². The van der Waals surface area contributed by atoms with Crippen molar-refractivity contribution >= 4 is 11.8 Å². The summed E-state index contributed by atoms with van der Waals surface area (Å²) in [5, 5.41) is 10.8. The second-order valence-electron chi connectivity index (χ2n) is 8.03. The smallest absolute Gasteiger partial charge is 0.274 e. The lowest BCUT2D eigenvalue weighted by molar-refractivity contribution is 0.0586. The second-order valence-corrected chi connectivity index (χ2v) is 8.03. The maximum Gasteiger partial charge on any atom is 0.274 e. The first-order chi connectivity index (χ1) is 13.5. The number of amides is 2. The summed E-state index contributed by atoms with van der Waals surface area (Å²) in [4.78, 5) is 29.6. The summed E-state index contributed by atoms with van der Waals surface area (Å²) < 4.78 is 15.0. The molecule has 1 aromatic heterocycles. The fourth-order valence-electron chi connectivity index (χ4n) is 4.57. The summed E-state index contributed by atoms with van der Waals surface area (Å²) in [6.45, 7) is 3.47. The second kappa shape index (κ2) is 6.09. The molecule has 0 bridgehead atoms. The number of carbonyl (C=O) groups is 2. The summed E-state index contributed by atoms with van der Waals surface area (Å²) in [6.07, 6.45) is 2.59. The van der Waals surface area contributed by atoms with Crippen LogP contribution in [0.4, 0.5) is 4.39 Å². The Hall–Kier alpha value is -2.83. The third kappa shape index (κ3) is 2.52. The summed E-state index contributed by atoms with van der Waals surface area (Å²) in [6, 6.07) is 6.36. The molecule has 3 heterocycles. The molecule has 2 aliphatic heterocycles. The van der Waals surface area contributed by atoms with Gasteiger partial charge < -0.3 is 19.5 Å². The van der Waals surface area contributed by atoms with Crippen LogP contribution >= 0.6 is 0 Å². The van der Waals surface area contributed by atoms with E-state index in [1.54, 1.807) is 17.0 Å². The molecule has 0 saturated heterocycles. The van der Waals surface area contributed by atoms with Crippen LogP contribution in [0.15, 0.2) is 24.3 Å². The predicted octanol–water partition coefficient (Wildman–Crippen LogP) is 2.54. The molecule has 28 heavy (non-hydrogen) atoms. The number of fused-ring (bicyclic) bond motifs is 3. The fourth-order valence-corrected chi connectivity index (χ4v) is 4.57. The van der Waals surface area contributed by atoms with Crippen molar-refractivity contribution in [3.05, 3.63) is 52.6 Å². The third-order valence-corrected chi connectivity index (χ3v) is 6.05. The number of benzene rings is 1. The Bertz CT molecular complexity index is 978. The molecule has 2 aromatic rings. The molecule has 1 fully saturated rings. The average molecular weight is 383 g/mol. The van der Waals surface area contributed by atoms with E-state index in [0.717, 1.165) is 24.1 Å². The number of nitrogens with zero attached hydrogens (tertiary/aromatic N) is 3. The first kappa shape index (κ1) is 17.3. The SMILES string of the molecule is CC1Cn2c3c(c(O)c2C(=O)N1C1CC1)C(=O)N(Cc1ccc(F)cc1)CC3. The van der Waals surface area contributed by atoms with Gasteiger partial charge in [0.05, 0.1) is 0 Å². The number of halogens is 1. The van der Waals surface area contributed by atoms with Crippen LogP contribution in [0.25, 0.3) is 0 Å². The fraction of sp³-hybridized carbons (Fsp3) is 0.429. The number of hydrogen-bond donors (Lipinski definition) is 1. The quantitative estimate of drug-likeness (QED) is 0.886. The number of aromatic nitrogens is 1. The molecule has 0 spiro atoms. The average Bonchev–Trinajstić information content (AvgIpc) is 3.44. The Kier molecular flexibility index (Phi) is 3.76. The van der Waals surface area contributed by atoms with Crippen LogP contribution in [-0.4, -0.2) is 49.9 Å². The highest BCUT2D eigenvalue weighted by Gasteiger charge is 2.45. The summed E-state index contributed by atoms with van der Waals surface area (Å²) >= 11 is 0. The summed E-state index contributed by atoms with van der Waals surface area (Å²) in [5.41, 5.74) is 2.09. The van der Waals surface area contributed by atoms with Crippen molar-refractivity contribution in [3.8, 4) is 5.75 Å². The molecule has 146 valence electrons. The number of rotatable bonds is 3. The first-order valence-electron chi connectivity index (χ1n) is 9.76. The molecule has 6 nitrogen and oxygen atoms in total. The van der Waals surface area contributed by atoms with Gasteiger partial charge in [-0.3, -0.25) is 9.59 Å². The van der Waals surface area contributed by atoms with Crippen molar-refractivity contribution < 1.29 is 19.1 Å². The van der Waals surface area contributed by atoms with Crippen molar-refractivity contribution in [2.45, 2.75) is 51.4 Å². The van der Waals surface area contributed by atoms with E-state index in [4.69, 9.17) is 0 Å². The van der Waals surface area contributed by atoms with Crippen LogP contribution in [0, 0.1) is 5.82 Å². The monoisotopic (exact) mass is 383 g/mol. The minimum Gasteiger partial charge on any atom is -0.505 e. The lowest BCUT2D eigenvalue weighted by atomic mass is 10.0. The van der Waals surface area contributed by atoms with E-state index in [-0.39, 0.29) is 46.7 Å². The zero-order valence-electron chi connectivity index (χ0n) is 15.7. The topological polar surface area (TPSA) is 65.8 Å². The molecule has 1 atom stereocenters. The van der Waals surface area contributed by atoms with E-state index < -0.39 is 0 Å². The van der Waals surface area contributed by atoms with Gasteiger partial charge in [-0.25, -0.2) is 4.39 Å². The molecular formula is C21H22FN3O3. The van der Waals surface area contributed by atoms with Crippen molar-refractivity contribution in [1.82, 2.24) is 14.4 Å². The van der Waals surface area contributed by atoms with Gasteiger partial charge in [0.15, 0.2) is 11.4 Å². The molecule has 5 rings (SSSR count). The standard InChI is InChI=1S/C21H22FN3O3/c1-12-10-24-16-8-9-23(11-13-2-4-14(22)5-3-13)20(27)17(16)19(26)18(24)21(28)25(12)15-6-7-15/h2-5,12,15,26H,6-11H2,1H3. The number of aromatic hydroxyl groups is 1. The van der Waals surface area contributed by atoms with Crippen molar-refractivity contribution in [3.63, 3.8) is 0 Å². The van der Waals surface area contributed by atoms with Gasteiger partial charge in [-0.15, -0.1) is 0 Å². The van der Waals surface area contributed by atoms with Crippen molar-refractivity contribution in [1.29, 1.82) is 0 Å². The molecule has 1 aromatic carbocycles. The van der Waals surface area contributed by atoms with E-state index in [0.29, 0.717) is 26.1 Å². The molecule has 1 saturated carbocycles. The van der Waals surface area contributed by atoms with Crippen LogP contribution in [0.3, 0.4) is 0 Å². The Morgan fingerprint density at radius 1 is 1.14 bits per heavy atom. The molecule has 3 aliphatic rings. The van der Waals surface area contributed by atoms with E-state index in [2.05, 4.69) is 0 Å². The zero-order valence-corrected chi connectivity index (χ0v) is 15.7. The third-order valence-electron chi connectivity index (χ3n) is 6.05. The number of hydrogen-bond acceptors (Lipinski definition) is 3. The van der Waals surface area contributed by atoms with Crippen molar-refractivity contribution in [2.75, 3.05) is 6.54 Å². The Labute approximate surface area is 162 Å². The van der Waals surface area contributed by atoms with Crippen LogP contribution in [0.2, 0.25) is 0 Å². The van der Waals surface area contributed by atoms with Gasteiger partial charge >= 0.3 is 0 Å². The number of carbonyl (C=O) groups excluding carboxylic acids is 2. The molecule has 1 N–H and O–H groups in total. The minimum absolute atomic E-state index is 0.0516. The van der Waals surface area contributed by atoms with E-state index in [1.807, 2.05) is 16.4 Å². The predicted molar refractivity (Wildman–Crippen MR) is 99.6 cm³/mol. The highest BCUT2D eigenvalue weighted by molar-refractivity contribution is 6.06. The van der Waals surface area contributed by atoms with Gasteiger partial charge in [0.25, 0.3) is 11.8 Å². The van der Waals surface area contributed by atoms with E-state index in [9.17, 15) is 19.1 Å². The van der Waals surface area contributed by atoms with Gasteiger partial charge in [0, 0.05) is 43.8 Å². The van der Waals surface area contributed by atoms with Gasteiger partial charge in [-0.05, 0) is 37.5 Å². The van der Waals surface area contributed by atoms with Crippen LogP contribution in [-0.2, 0) is 19.5 Å². The maximum atomic E-state index is 13.1. The van der Waals surface area contributed by atoms with Gasteiger partial charge in [-0.2, -0.15) is 0 Å². The van der Waals surface area contributed by atoms with Gasteiger partial charge in [0.2, 0.25) is 0 Å². The molecule has 2 amide bonds. The first-order valence-corrected chi connectivity index (χ1v) is 9.76. The summed E-state index contributed by atoms with van der Waals surface area (Å²) in [7, 11) is 0. The lowest BCUT2D eigenvalue weighted by Crippen LogP contribution is -2.48. The maximum absolute atomic E-state index is 13.1. The zero-order chi connectivity index (χ0) is 19.6. The molecule has 1 unspecified atom stereocenters. The Morgan fingerprint density at radius 2 is 1.86 bits per heavy atom. The normalized spacial score (nSPS) is 21.7. The van der Waals surface area contributed by atoms with E-state index in [1.165, 1.54) is 12.1 Å². The summed E-state index contributed by atoms with van der Waals surface area (Å²) in [5.74, 6) is -0.956. The molecule has 7 heteroatoms. The Balaban J connectivity index is 1.49. The Morgan fingerprint density at radius 3 is 2.54 bits per heavy atom. The largest absolute Gasteiger partial charge is 0.505 e. The van der Waals surface area contributed by atoms with Crippen LogP contribution < -0.4 is 0 Å². The highest BCUT2D eigenvalue weighted by Crippen LogP contribution is 2.40. The van der Waals surface area contributed by atoms with Gasteiger partial charge in [0.1, 0.15) is 11.4 Å². The highest BCUT2D eigenvalue weighted by atomic mass is 19.1. The minimum atomic E-state index is -0.318. The molecular weight excluding hydrogens is 361 g/mol.